The lowest BCUT2D eigenvalue weighted by atomic mass is 10.0. The van der Waals surface area contributed by atoms with Crippen LogP contribution in [0, 0.1) is 0 Å². The van der Waals surface area contributed by atoms with Crippen LogP contribution in [0.4, 0.5) is 0 Å². The van der Waals surface area contributed by atoms with Crippen molar-refractivity contribution in [2.24, 2.45) is 0 Å². The first-order valence-corrected chi connectivity index (χ1v) is 7.90. The molecule has 1 N–H and O–H groups in total. The molecule has 0 bridgehead atoms. The van der Waals surface area contributed by atoms with Crippen LogP contribution in [-0.2, 0) is 0 Å². The minimum absolute atomic E-state index is 0.301. The number of benzene rings is 2. The molecule has 0 saturated carbocycles. The van der Waals surface area contributed by atoms with Gasteiger partial charge in [-0.05, 0) is 35.5 Å². The van der Waals surface area contributed by atoms with E-state index in [0.29, 0.717) is 6.04 Å². The highest BCUT2D eigenvalue weighted by Crippen LogP contribution is 2.25. The molecule has 3 aromatic rings. The lowest BCUT2D eigenvalue weighted by Gasteiger charge is -2.16. The Balaban J connectivity index is 1.78. The van der Waals surface area contributed by atoms with Crippen LogP contribution in [0.1, 0.15) is 11.6 Å². The van der Waals surface area contributed by atoms with Gasteiger partial charge in [-0.2, -0.15) is 0 Å². The molecule has 106 valence electrons. The lowest BCUT2D eigenvalue weighted by molar-refractivity contribution is 0.662. The van der Waals surface area contributed by atoms with Gasteiger partial charge in [-0.1, -0.05) is 36.4 Å². The van der Waals surface area contributed by atoms with Gasteiger partial charge in [0.2, 0.25) is 0 Å². The van der Waals surface area contributed by atoms with Crippen molar-refractivity contribution in [1.82, 2.24) is 15.3 Å². The van der Waals surface area contributed by atoms with Crippen LogP contribution in [0.3, 0.4) is 0 Å². The molecule has 0 aliphatic rings. The highest BCUT2D eigenvalue weighted by atomic mass is 32.2. The number of hydrogen-bond donors (Lipinski definition) is 1. The quantitative estimate of drug-likeness (QED) is 0.575. The molecule has 1 atom stereocenters. The maximum absolute atomic E-state index is 4.25. The van der Waals surface area contributed by atoms with Crippen molar-refractivity contribution >= 4 is 22.5 Å². The fourth-order valence-electron chi connectivity index (χ4n) is 2.30. The SMILES string of the molecule is CNC(CSc1ccncn1)c1ccc2ccccc2c1. The summed E-state index contributed by atoms with van der Waals surface area (Å²) < 4.78 is 0. The molecule has 0 radical (unpaired) electrons. The Morgan fingerprint density at radius 1 is 1.10 bits per heavy atom. The molecule has 1 aromatic heterocycles. The summed E-state index contributed by atoms with van der Waals surface area (Å²) in [7, 11) is 2.00. The summed E-state index contributed by atoms with van der Waals surface area (Å²) >= 11 is 1.74. The van der Waals surface area contributed by atoms with Crippen LogP contribution in [0.15, 0.2) is 66.1 Å². The molecular formula is C17H17N3S. The van der Waals surface area contributed by atoms with Crippen molar-refractivity contribution in [3.63, 3.8) is 0 Å². The van der Waals surface area contributed by atoms with Gasteiger partial charge >= 0.3 is 0 Å². The fraction of sp³-hybridized carbons (Fsp3) is 0.176. The Kier molecular flexibility index (Phi) is 4.48. The van der Waals surface area contributed by atoms with E-state index >= 15 is 0 Å². The van der Waals surface area contributed by atoms with Crippen molar-refractivity contribution in [3.05, 3.63) is 66.6 Å². The average molecular weight is 295 g/mol. The number of rotatable bonds is 5. The van der Waals surface area contributed by atoms with E-state index in [0.717, 1.165) is 10.8 Å². The molecule has 0 aliphatic heterocycles. The first-order valence-electron chi connectivity index (χ1n) is 6.91. The number of aromatic nitrogens is 2. The molecule has 3 nitrogen and oxygen atoms in total. The molecule has 0 aliphatic carbocycles. The Morgan fingerprint density at radius 3 is 2.71 bits per heavy atom. The fourth-order valence-corrected chi connectivity index (χ4v) is 3.28. The normalized spacial score (nSPS) is 12.4. The van der Waals surface area contributed by atoms with Gasteiger partial charge in [-0.15, -0.1) is 11.8 Å². The summed E-state index contributed by atoms with van der Waals surface area (Å²) in [5.41, 5.74) is 1.30. The van der Waals surface area contributed by atoms with Crippen molar-refractivity contribution < 1.29 is 0 Å². The van der Waals surface area contributed by atoms with Crippen LogP contribution in [0.2, 0.25) is 0 Å². The molecule has 3 rings (SSSR count). The Hall–Kier alpha value is -1.91. The van der Waals surface area contributed by atoms with E-state index in [1.165, 1.54) is 16.3 Å². The van der Waals surface area contributed by atoms with Crippen molar-refractivity contribution in [2.45, 2.75) is 11.1 Å². The second kappa shape index (κ2) is 6.70. The average Bonchev–Trinajstić information content (AvgIpc) is 2.56. The molecule has 0 fully saturated rings. The van der Waals surface area contributed by atoms with E-state index in [9.17, 15) is 0 Å². The van der Waals surface area contributed by atoms with E-state index < -0.39 is 0 Å². The highest BCUT2D eigenvalue weighted by molar-refractivity contribution is 7.99. The first kappa shape index (κ1) is 14.0. The van der Waals surface area contributed by atoms with E-state index in [4.69, 9.17) is 0 Å². The molecule has 0 amide bonds. The molecular weight excluding hydrogens is 278 g/mol. The zero-order valence-electron chi connectivity index (χ0n) is 11.9. The van der Waals surface area contributed by atoms with E-state index in [1.54, 1.807) is 24.3 Å². The Morgan fingerprint density at radius 2 is 1.95 bits per heavy atom. The summed E-state index contributed by atoms with van der Waals surface area (Å²) in [5, 5.41) is 6.95. The molecule has 21 heavy (non-hydrogen) atoms. The lowest BCUT2D eigenvalue weighted by Crippen LogP contribution is -2.18. The maximum atomic E-state index is 4.25. The summed E-state index contributed by atoms with van der Waals surface area (Å²) in [6, 6.07) is 17.3. The van der Waals surface area contributed by atoms with Gasteiger partial charge in [0.15, 0.2) is 0 Å². The van der Waals surface area contributed by atoms with E-state index in [2.05, 4.69) is 57.7 Å². The maximum Gasteiger partial charge on any atom is 0.116 e. The predicted octanol–water partition coefficient (Wildman–Crippen LogP) is 3.68. The third-order valence-electron chi connectivity index (χ3n) is 3.48. The molecule has 0 saturated heterocycles. The molecule has 1 unspecified atom stereocenters. The molecule has 0 spiro atoms. The van der Waals surface area contributed by atoms with Crippen molar-refractivity contribution in [2.75, 3.05) is 12.8 Å². The van der Waals surface area contributed by atoms with Gasteiger partial charge in [0.25, 0.3) is 0 Å². The summed E-state index contributed by atoms with van der Waals surface area (Å²) in [5.74, 6) is 0.936. The Bertz CT molecular complexity index is 715. The topological polar surface area (TPSA) is 37.8 Å². The minimum atomic E-state index is 0.301. The van der Waals surface area contributed by atoms with Crippen molar-refractivity contribution in [1.29, 1.82) is 0 Å². The van der Waals surface area contributed by atoms with Crippen LogP contribution in [0.25, 0.3) is 10.8 Å². The largest absolute Gasteiger partial charge is 0.312 e. The van der Waals surface area contributed by atoms with E-state index in [-0.39, 0.29) is 0 Å². The van der Waals surface area contributed by atoms with Gasteiger partial charge in [0, 0.05) is 18.0 Å². The number of nitrogens with one attached hydrogen (secondary N) is 1. The number of hydrogen-bond acceptors (Lipinski definition) is 4. The highest BCUT2D eigenvalue weighted by Gasteiger charge is 2.10. The zero-order valence-corrected chi connectivity index (χ0v) is 12.7. The van der Waals surface area contributed by atoms with Gasteiger partial charge in [0.1, 0.15) is 6.33 Å². The second-order valence-corrected chi connectivity index (χ2v) is 5.85. The molecule has 4 heteroatoms. The van der Waals surface area contributed by atoms with Crippen LogP contribution >= 0.6 is 11.8 Å². The number of thioether (sulfide) groups is 1. The van der Waals surface area contributed by atoms with Crippen LogP contribution in [-0.4, -0.2) is 22.8 Å². The van der Waals surface area contributed by atoms with Gasteiger partial charge in [-0.25, -0.2) is 9.97 Å². The standard InChI is InChI=1S/C17H17N3S/c1-18-16(11-21-17-8-9-19-12-20-17)15-7-6-13-4-2-3-5-14(13)10-15/h2-10,12,16,18H,11H2,1H3. The van der Waals surface area contributed by atoms with Gasteiger partial charge < -0.3 is 5.32 Å². The van der Waals surface area contributed by atoms with Crippen molar-refractivity contribution in [3.8, 4) is 0 Å². The number of fused-ring (bicyclic) bond motifs is 1. The van der Waals surface area contributed by atoms with Crippen LogP contribution < -0.4 is 5.32 Å². The third-order valence-corrected chi connectivity index (χ3v) is 4.51. The monoisotopic (exact) mass is 295 g/mol. The smallest absolute Gasteiger partial charge is 0.116 e. The number of nitrogens with zero attached hydrogens (tertiary/aromatic N) is 2. The zero-order chi connectivity index (χ0) is 14.5. The molecule has 2 aromatic carbocycles. The second-order valence-electron chi connectivity index (χ2n) is 4.81. The predicted molar refractivity (Wildman–Crippen MR) is 88.5 cm³/mol. The van der Waals surface area contributed by atoms with Gasteiger partial charge in [0.05, 0.1) is 5.03 Å². The molecule has 1 heterocycles. The minimum Gasteiger partial charge on any atom is -0.312 e. The first-order chi connectivity index (χ1) is 10.4. The summed E-state index contributed by atoms with van der Waals surface area (Å²) in [6.07, 6.45) is 3.37. The summed E-state index contributed by atoms with van der Waals surface area (Å²) in [6.45, 7) is 0. The third kappa shape index (κ3) is 3.40. The van der Waals surface area contributed by atoms with E-state index in [1.807, 2.05) is 13.1 Å². The summed E-state index contributed by atoms with van der Waals surface area (Å²) in [4.78, 5) is 8.20. The van der Waals surface area contributed by atoms with Crippen LogP contribution in [0.5, 0.6) is 0 Å². The Labute approximate surface area is 128 Å². The van der Waals surface area contributed by atoms with Gasteiger partial charge in [-0.3, -0.25) is 0 Å².